The molecule has 24 heavy (non-hydrogen) atoms. The number of pyridine rings is 1. The minimum Gasteiger partial charge on any atom is -0.409 e. The molecule has 0 fully saturated rings. The van der Waals surface area contributed by atoms with Crippen LogP contribution >= 0.6 is 22.9 Å². The minimum absolute atomic E-state index is 0.445. The highest BCUT2D eigenvalue weighted by atomic mass is 35.5. The summed E-state index contributed by atoms with van der Waals surface area (Å²) in [6.07, 6.45) is 2.91. The molecule has 2 aromatic heterocycles. The van der Waals surface area contributed by atoms with E-state index in [1.165, 1.54) is 11.3 Å². The summed E-state index contributed by atoms with van der Waals surface area (Å²) < 4.78 is 7.10. The van der Waals surface area contributed by atoms with Gasteiger partial charge in [-0.05, 0) is 36.2 Å². The summed E-state index contributed by atoms with van der Waals surface area (Å²) in [4.78, 5) is 20.7. The van der Waals surface area contributed by atoms with Crippen LogP contribution in [0.15, 0.2) is 59.2 Å². The lowest BCUT2D eigenvalue weighted by Gasteiger charge is -2.03. The van der Waals surface area contributed by atoms with Crippen molar-refractivity contribution >= 4 is 29.0 Å². The molecule has 0 atom stereocenters. The van der Waals surface area contributed by atoms with E-state index >= 15 is 0 Å². The third-order valence-corrected chi connectivity index (χ3v) is 4.20. The van der Waals surface area contributed by atoms with Gasteiger partial charge in [0.1, 0.15) is 10.9 Å². The summed E-state index contributed by atoms with van der Waals surface area (Å²) in [6.45, 7) is 2.48. The maximum atomic E-state index is 12.0. The zero-order chi connectivity index (χ0) is 16.9. The van der Waals surface area contributed by atoms with Gasteiger partial charge in [-0.15, -0.1) is 16.3 Å². The van der Waals surface area contributed by atoms with Crippen LogP contribution in [0.4, 0.5) is 4.79 Å². The largest absolute Gasteiger partial charge is 0.441 e. The van der Waals surface area contributed by atoms with Gasteiger partial charge in [-0.3, -0.25) is 0 Å². The molecule has 0 aliphatic rings. The van der Waals surface area contributed by atoms with Gasteiger partial charge in [0.2, 0.25) is 0 Å². The molecule has 0 N–H and O–H groups in total. The molecule has 2 heterocycles. The van der Waals surface area contributed by atoms with Gasteiger partial charge in [-0.1, -0.05) is 29.8 Å². The van der Waals surface area contributed by atoms with Crippen molar-refractivity contribution in [2.24, 2.45) is 4.99 Å². The van der Waals surface area contributed by atoms with Gasteiger partial charge in [-0.25, -0.2) is 9.78 Å². The Balaban J connectivity index is 1.77. The van der Waals surface area contributed by atoms with E-state index in [1.807, 2.05) is 41.3 Å². The molecule has 0 bridgehead atoms. The van der Waals surface area contributed by atoms with Gasteiger partial charge in [0.25, 0.3) is 0 Å². The molecule has 1 aromatic carbocycles. The second-order valence-corrected chi connectivity index (χ2v) is 6.36. The van der Waals surface area contributed by atoms with Crippen LogP contribution in [-0.2, 0) is 6.54 Å². The number of amides is 1. The monoisotopic (exact) mass is 359 g/mol. The number of nitrogens with zero attached hydrogens (tertiary/aromatic N) is 3. The summed E-state index contributed by atoms with van der Waals surface area (Å²) in [6, 6.07) is 10.9. The Kier molecular flexibility index (Phi) is 5.08. The Bertz CT molecular complexity index is 916. The first-order valence-corrected chi connectivity index (χ1v) is 8.43. The van der Waals surface area contributed by atoms with E-state index < -0.39 is 6.09 Å². The van der Waals surface area contributed by atoms with Gasteiger partial charge in [-0.2, -0.15) is 0 Å². The van der Waals surface area contributed by atoms with Crippen molar-refractivity contribution in [2.75, 3.05) is 0 Å². The lowest BCUT2D eigenvalue weighted by Crippen LogP contribution is -2.18. The molecule has 7 heteroatoms. The lowest BCUT2D eigenvalue weighted by molar-refractivity contribution is 0.210. The molecule has 3 rings (SSSR count). The molecule has 0 saturated heterocycles. The van der Waals surface area contributed by atoms with Gasteiger partial charge in [0.15, 0.2) is 4.80 Å². The number of hydrogen-bond donors (Lipinski definition) is 0. The van der Waals surface area contributed by atoms with Crippen LogP contribution in [0, 0.1) is 6.92 Å². The fourth-order valence-corrected chi connectivity index (χ4v) is 2.91. The van der Waals surface area contributed by atoms with Crippen LogP contribution in [0.5, 0.6) is 5.75 Å². The van der Waals surface area contributed by atoms with Crippen molar-refractivity contribution in [2.45, 2.75) is 13.5 Å². The highest BCUT2D eigenvalue weighted by Crippen LogP contribution is 2.13. The fourth-order valence-electron chi connectivity index (χ4n) is 2.08. The average molecular weight is 360 g/mol. The standard InChI is InChI=1S/C17H14ClN3O2S/c1-12-3-2-4-14(9-12)23-17(22)20-16-21(7-8-24-16)11-13-5-6-15(18)19-10-13/h2-10H,11H2,1H3/b20-16-. The summed E-state index contributed by atoms with van der Waals surface area (Å²) in [5.74, 6) is 0.480. The average Bonchev–Trinajstić information content (AvgIpc) is 2.96. The molecule has 5 nitrogen and oxygen atoms in total. The highest BCUT2D eigenvalue weighted by Gasteiger charge is 2.05. The van der Waals surface area contributed by atoms with Crippen molar-refractivity contribution in [3.63, 3.8) is 0 Å². The van der Waals surface area contributed by atoms with E-state index in [-0.39, 0.29) is 0 Å². The molecule has 0 spiro atoms. The van der Waals surface area contributed by atoms with Crippen LogP contribution in [0.1, 0.15) is 11.1 Å². The highest BCUT2D eigenvalue weighted by molar-refractivity contribution is 7.07. The first-order chi connectivity index (χ1) is 11.6. The van der Waals surface area contributed by atoms with Crippen molar-refractivity contribution < 1.29 is 9.53 Å². The second kappa shape index (κ2) is 7.42. The van der Waals surface area contributed by atoms with Crippen LogP contribution in [0.3, 0.4) is 0 Å². The number of ether oxygens (including phenoxy) is 1. The predicted molar refractivity (Wildman–Crippen MR) is 93.4 cm³/mol. The first kappa shape index (κ1) is 16.4. The van der Waals surface area contributed by atoms with E-state index in [2.05, 4.69) is 9.98 Å². The normalized spacial score (nSPS) is 11.5. The Morgan fingerprint density at radius 3 is 3.00 bits per heavy atom. The number of carbonyl (C=O) groups excluding carboxylic acids is 1. The zero-order valence-corrected chi connectivity index (χ0v) is 14.4. The molecule has 0 saturated carbocycles. The van der Waals surface area contributed by atoms with E-state index in [1.54, 1.807) is 24.4 Å². The first-order valence-electron chi connectivity index (χ1n) is 7.18. The van der Waals surface area contributed by atoms with Gasteiger partial charge >= 0.3 is 6.09 Å². The number of benzene rings is 1. The lowest BCUT2D eigenvalue weighted by atomic mass is 10.2. The topological polar surface area (TPSA) is 56.5 Å². The zero-order valence-electron chi connectivity index (χ0n) is 12.8. The molecule has 122 valence electrons. The predicted octanol–water partition coefficient (Wildman–Crippen LogP) is 4.05. The van der Waals surface area contributed by atoms with Crippen molar-refractivity contribution in [1.29, 1.82) is 0 Å². The van der Waals surface area contributed by atoms with E-state index in [9.17, 15) is 4.79 Å². The Morgan fingerprint density at radius 1 is 1.38 bits per heavy atom. The molecule has 3 aromatic rings. The Morgan fingerprint density at radius 2 is 2.25 bits per heavy atom. The Labute approximate surface area is 147 Å². The smallest absolute Gasteiger partial charge is 0.409 e. The van der Waals surface area contributed by atoms with E-state index in [0.29, 0.717) is 22.2 Å². The number of hydrogen-bond acceptors (Lipinski definition) is 4. The SMILES string of the molecule is Cc1cccc(OC(=O)/N=c2\sccn2Cc2ccc(Cl)nc2)c1. The van der Waals surface area contributed by atoms with Gasteiger partial charge < -0.3 is 9.30 Å². The summed E-state index contributed by atoms with van der Waals surface area (Å²) in [7, 11) is 0. The van der Waals surface area contributed by atoms with Crippen LogP contribution in [-0.4, -0.2) is 15.6 Å². The van der Waals surface area contributed by atoms with Gasteiger partial charge in [0, 0.05) is 17.8 Å². The van der Waals surface area contributed by atoms with Crippen molar-refractivity contribution in [1.82, 2.24) is 9.55 Å². The molecule has 1 amide bonds. The summed E-state index contributed by atoms with van der Waals surface area (Å²) in [5.41, 5.74) is 1.98. The van der Waals surface area contributed by atoms with Crippen LogP contribution in [0.2, 0.25) is 5.15 Å². The molecular weight excluding hydrogens is 346 g/mol. The number of carbonyl (C=O) groups is 1. The summed E-state index contributed by atoms with van der Waals surface area (Å²) >= 11 is 7.15. The molecule has 0 aliphatic carbocycles. The van der Waals surface area contributed by atoms with Gasteiger partial charge in [0.05, 0.1) is 6.54 Å². The number of aryl methyl sites for hydroxylation is 1. The van der Waals surface area contributed by atoms with Crippen molar-refractivity contribution in [3.05, 3.63) is 75.3 Å². The number of halogens is 1. The molecule has 0 unspecified atom stereocenters. The van der Waals surface area contributed by atoms with Crippen LogP contribution < -0.4 is 9.54 Å². The number of thiazole rings is 1. The number of rotatable bonds is 3. The second-order valence-electron chi connectivity index (χ2n) is 5.10. The minimum atomic E-state index is -0.647. The fraction of sp³-hybridized carbons (Fsp3) is 0.118. The maximum absolute atomic E-state index is 12.0. The third-order valence-electron chi connectivity index (χ3n) is 3.18. The quantitative estimate of drug-likeness (QED) is 0.663. The maximum Gasteiger partial charge on any atom is 0.441 e. The molecule has 0 aliphatic heterocycles. The van der Waals surface area contributed by atoms with E-state index in [0.717, 1.165) is 11.1 Å². The summed E-state index contributed by atoms with van der Waals surface area (Å²) in [5, 5.41) is 2.31. The van der Waals surface area contributed by atoms with Crippen LogP contribution in [0.25, 0.3) is 0 Å². The number of aromatic nitrogens is 2. The Hall–Kier alpha value is -2.44. The van der Waals surface area contributed by atoms with Crippen molar-refractivity contribution in [3.8, 4) is 5.75 Å². The molecular formula is C17H14ClN3O2S. The van der Waals surface area contributed by atoms with E-state index in [4.69, 9.17) is 16.3 Å². The molecule has 0 radical (unpaired) electrons. The third kappa shape index (κ3) is 4.31.